The minimum absolute atomic E-state index is 0. The van der Waals surface area contributed by atoms with Gasteiger partial charge in [-0.3, -0.25) is 9.30 Å². The molecule has 0 bridgehead atoms. The second kappa shape index (κ2) is 12.7. The molecule has 9 heteroatoms. The number of thioether (sulfide) groups is 1. The highest BCUT2D eigenvalue weighted by atomic mass is 127. The van der Waals surface area contributed by atoms with Gasteiger partial charge in [0.15, 0.2) is 5.96 Å². The average molecular weight is 527 g/mol. The Morgan fingerprint density at radius 3 is 2.78 bits per heavy atom. The number of unbranched alkanes of at least 4 members (excludes halogenated alkanes) is 1. The summed E-state index contributed by atoms with van der Waals surface area (Å²) in [5.74, 6) is 1.89. The summed E-state index contributed by atoms with van der Waals surface area (Å²) in [5, 5.41) is 6.31. The molecule has 1 aliphatic heterocycles. The third kappa shape index (κ3) is 7.69. The van der Waals surface area contributed by atoms with Crippen molar-refractivity contribution in [1.29, 1.82) is 0 Å². The Bertz CT molecular complexity index is 698. The Morgan fingerprint density at radius 2 is 2.04 bits per heavy atom. The van der Waals surface area contributed by atoms with E-state index >= 15 is 0 Å². The maximum atomic E-state index is 12.7. The summed E-state index contributed by atoms with van der Waals surface area (Å²) >= 11 is 1.84. The highest BCUT2D eigenvalue weighted by molar-refractivity contribution is 14.0. The van der Waals surface area contributed by atoms with E-state index in [-0.39, 0.29) is 29.7 Å². The van der Waals surface area contributed by atoms with Gasteiger partial charge in [-0.1, -0.05) is 18.2 Å². The van der Waals surface area contributed by atoms with E-state index in [1.807, 2.05) is 43.0 Å². The van der Waals surface area contributed by atoms with Gasteiger partial charge in [-0.05, 0) is 49.8 Å². The van der Waals surface area contributed by atoms with Gasteiger partial charge in [0.05, 0.1) is 11.4 Å². The van der Waals surface area contributed by atoms with Crippen molar-refractivity contribution in [2.24, 2.45) is 4.99 Å². The van der Waals surface area contributed by atoms with Crippen molar-refractivity contribution >= 4 is 57.4 Å². The second-order valence-corrected chi connectivity index (χ2v) is 9.15. The topological polar surface area (TPSA) is 73.8 Å². The first-order valence-electron chi connectivity index (χ1n) is 9.18. The number of nitrogens with zero attached hydrogens (tertiary/aromatic N) is 2. The van der Waals surface area contributed by atoms with Crippen LogP contribution in [-0.2, 0) is 16.4 Å². The molecule has 0 aliphatic carbocycles. The van der Waals surface area contributed by atoms with Gasteiger partial charge < -0.3 is 10.6 Å². The Kier molecular flexibility index (Phi) is 11.5. The molecule has 1 aromatic carbocycles. The fourth-order valence-corrected chi connectivity index (χ4v) is 4.82. The number of anilines is 1. The SMILES string of the molecule is CCNC(=NCCCCSC)NCCS(=O)(=O)N1CCc2ccccc21.I. The van der Waals surface area contributed by atoms with Gasteiger partial charge in [-0.25, -0.2) is 8.42 Å². The molecule has 0 spiro atoms. The molecular weight excluding hydrogens is 495 g/mol. The third-order valence-electron chi connectivity index (χ3n) is 4.20. The van der Waals surface area contributed by atoms with E-state index in [0.29, 0.717) is 19.0 Å². The first-order valence-corrected chi connectivity index (χ1v) is 12.2. The number of halogens is 1. The van der Waals surface area contributed by atoms with Crippen LogP contribution in [-0.4, -0.2) is 58.3 Å². The molecule has 0 unspecified atom stereocenters. The standard InChI is InChI=1S/C18H30N4O2S2.HI/c1-3-19-18(20-11-6-7-14-25-2)21-12-15-26(23,24)22-13-10-16-8-4-5-9-17(16)22;/h4-5,8-9H,3,6-7,10-15H2,1-2H3,(H2,19,20,21);1H. The quantitative estimate of drug-likeness (QED) is 0.212. The molecule has 1 heterocycles. The van der Waals surface area contributed by atoms with Gasteiger partial charge in [-0.15, -0.1) is 24.0 Å². The van der Waals surface area contributed by atoms with Gasteiger partial charge in [-0.2, -0.15) is 11.8 Å². The minimum atomic E-state index is -3.33. The van der Waals surface area contributed by atoms with Crippen LogP contribution < -0.4 is 14.9 Å². The normalized spacial score (nSPS) is 13.9. The van der Waals surface area contributed by atoms with Gasteiger partial charge in [0.25, 0.3) is 0 Å². The van der Waals surface area contributed by atoms with Crippen LogP contribution in [0.1, 0.15) is 25.3 Å². The van der Waals surface area contributed by atoms with Gasteiger partial charge >= 0.3 is 0 Å². The summed E-state index contributed by atoms with van der Waals surface area (Å²) in [6, 6.07) is 7.72. The molecule has 0 aromatic heterocycles. The number of benzene rings is 1. The van der Waals surface area contributed by atoms with Crippen LogP contribution in [0.4, 0.5) is 5.69 Å². The third-order valence-corrected chi connectivity index (χ3v) is 6.67. The molecule has 1 aromatic rings. The molecule has 0 radical (unpaired) electrons. The lowest BCUT2D eigenvalue weighted by Crippen LogP contribution is -2.42. The van der Waals surface area contributed by atoms with Gasteiger partial charge in [0, 0.05) is 26.2 Å². The van der Waals surface area contributed by atoms with E-state index in [2.05, 4.69) is 21.9 Å². The largest absolute Gasteiger partial charge is 0.357 e. The molecule has 2 rings (SSSR count). The van der Waals surface area contributed by atoms with Gasteiger partial charge in [0.2, 0.25) is 10.0 Å². The Hall–Kier alpha value is -0.680. The summed E-state index contributed by atoms with van der Waals surface area (Å²) in [6.45, 7) is 4.39. The van der Waals surface area contributed by atoms with Crippen molar-refractivity contribution in [3.63, 3.8) is 0 Å². The number of rotatable bonds is 10. The first-order chi connectivity index (χ1) is 12.6. The number of para-hydroxylation sites is 1. The van der Waals surface area contributed by atoms with E-state index in [1.54, 1.807) is 0 Å². The molecular formula is C18H31IN4O2S2. The van der Waals surface area contributed by atoms with E-state index in [4.69, 9.17) is 0 Å². The molecule has 154 valence electrons. The number of hydrogen-bond acceptors (Lipinski definition) is 4. The lowest BCUT2D eigenvalue weighted by atomic mass is 10.2. The highest BCUT2D eigenvalue weighted by Crippen LogP contribution is 2.29. The Balaban J connectivity index is 0.00000364. The lowest BCUT2D eigenvalue weighted by molar-refractivity contribution is 0.591. The Morgan fingerprint density at radius 1 is 1.26 bits per heavy atom. The van der Waals surface area contributed by atoms with Crippen molar-refractivity contribution < 1.29 is 8.42 Å². The van der Waals surface area contributed by atoms with Crippen molar-refractivity contribution in [2.75, 3.05) is 48.2 Å². The summed E-state index contributed by atoms with van der Waals surface area (Å²) in [6.07, 6.45) is 5.07. The summed E-state index contributed by atoms with van der Waals surface area (Å²) in [7, 11) is -3.33. The first kappa shape index (κ1) is 24.4. The second-order valence-electron chi connectivity index (χ2n) is 6.15. The fraction of sp³-hybridized carbons (Fsp3) is 0.611. The smallest absolute Gasteiger partial charge is 0.236 e. The summed E-state index contributed by atoms with van der Waals surface area (Å²) < 4.78 is 26.9. The van der Waals surface area contributed by atoms with Crippen LogP contribution >= 0.6 is 35.7 Å². The molecule has 6 nitrogen and oxygen atoms in total. The Labute approximate surface area is 185 Å². The number of aliphatic imine (C=N–C) groups is 1. The molecule has 1 aliphatic rings. The monoisotopic (exact) mass is 526 g/mol. The molecule has 0 fully saturated rings. The van der Waals surface area contributed by atoms with E-state index in [0.717, 1.165) is 49.4 Å². The predicted octanol–water partition coefficient (Wildman–Crippen LogP) is 2.70. The van der Waals surface area contributed by atoms with Crippen LogP contribution in [0.5, 0.6) is 0 Å². The number of hydrogen-bond donors (Lipinski definition) is 2. The zero-order valence-corrected chi connectivity index (χ0v) is 20.1. The number of guanidine groups is 1. The number of sulfonamides is 1. The minimum Gasteiger partial charge on any atom is -0.357 e. The molecule has 0 amide bonds. The molecule has 0 saturated heterocycles. The zero-order valence-electron chi connectivity index (χ0n) is 16.1. The van der Waals surface area contributed by atoms with Gasteiger partial charge in [0.1, 0.15) is 0 Å². The van der Waals surface area contributed by atoms with Crippen molar-refractivity contribution in [3.8, 4) is 0 Å². The number of nitrogens with one attached hydrogen (secondary N) is 2. The average Bonchev–Trinajstić information content (AvgIpc) is 3.06. The van der Waals surface area contributed by atoms with E-state index in [9.17, 15) is 8.42 Å². The van der Waals surface area contributed by atoms with E-state index < -0.39 is 10.0 Å². The fourth-order valence-electron chi connectivity index (χ4n) is 2.90. The van der Waals surface area contributed by atoms with Crippen LogP contribution in [0.15, 0.2) is 29.3 Å². The summed E-state index contributed by atoms with van der Waals surface area (Å²) in [4.78, 5) is 4.52. The van der Waals surface area contributed by atoms with E-state index in [1.165, 1.54) is 4.31 Å². The summed E-state index contributed by atoms with van der Waals surface area (Å²) in [5.41, 5.74) is 1.92. The van der Waals surface area contributed by atoms with Crippen molar-refractivity contribution in [1.82, 2.24) is 10.6 Å². The zero-order chi connectivity index (χ0) is 18.8. The van der Waals surface area contributed by atoms with Crippen molar-refractivity contribution in [2.45, 2.75) is 26.2 Å². The van der Waals surface area contributed by atoms with Crippen LogP contribution in [0.2, 0.25) is 0 Å². The molecule has 2 N–H and O–H groups in total. The molecule has 0 atom stereocenters. The number of fused-ring (bicyclic) bond motifs is 1. The van der Waals surface area contributed by atoms with Crippen LogP contribution in [0.25, 0.3) is 0 Å². The molecule has 27 heavy (non-hydrogen) atoms. The highest BCUT2D eigenvalue weighted by Gasteiger charge is 2.28. The van der Waals surface area contributed by atoms with Crippen molar-refractivity contribution in [3.05, 3.63) is 29.8 Å². The van der Waals surface area contributed by atoms with Crippen LogP contribution in [0.3, 0.4) is 0 Å². The molecule has 0 saturated carbocycles. The maximum absolute atomic E-state index is 12.7. The maximum Gasteiger partial charge on any atom is 0.236 e. The predicted molar refractivity (Wildman–Crippen MR) is 128 cm³/mol. The van der Waals surface area contributed by atoms with Crippen LogP contribution in [0, 0.1) is 0 Å². The lowest BCUT2D eigenvalue weighted by Gasteiger charge is -2.20.